The molecule has 2 rings (SSSR count). The first-order valence-electron chi connectivity index (χ1n) is 4.13. The summed E-state index contributed by atoms with van der Waals surface area (Å²) < 4.78 is 5.06. The van der Waals surface area contributed by atoms with Crippen LogP contribution in [0.1, 0.15) is 9.80 Å². The Bertz CT molecular complexity index is 453. The van der Waals surface area contributed by atoms with Crippen LogP contribution < -0.4 is 4.74 Å². The summed E-state index contributed by atoms with van der Waals surface area (Å²) in [5.74, 6) is 0.00641. The SMILES string of the molecule is O=C(Oc1ccc(Cl)cc1)c1nccs1. The van der Waals surface area contributed by atoms with Gasteiger partial charge in [0.2, 0.25) is 5.01 Å². The number of halogens is 1. The molecular formula is C10H6ClNO2S. The van der Waals surface area contributed by atoms with Gasteiger partial charge in [0.05, 0.1) is 0 Å². The molecule has 0 aliphatic carbocycles. The van der Waals surface area contributed by atoms with E-state index in [-0.39, 0.29) is 0 Å². The number of aromatic nitrogens is 1. The number of hydrogen-bond donors (Lipinski definition) is 0. The fraction of sp³-hybridized carbons (Fsp3) is 0. The zero-order chi connectivity index (χ0) is 10.7. The van der Waals surface area contributed by atoms with Crippen LogP contribution in [0, 0.1) is 0 Å². The average Bonchev–Trinajstić information content (AvgIpc) is 2.74. The van der Waals surface area contributed by atoms with Crippen molar-refractivity contribution < 1.29 is 9.53 Å². The van der Waals surface area contributed by atoms with Gasteiger partial charge in [0.15, 0.2) is 0 Å². The predicted molar refractivity (Wildman–Crippen MR) is 58.5 cm³/mol. The maximum atomic E-state index is 11.5. The molecule has 15 heavy (non-hydrogen) atoms. The first kappa shape index (κ1) is 10.1. The fourth-order valence-corrected chi connectivity index (χ4v) is 1.61. The van der Waals surface area contributed by atoms with Gasteiger partial charge in [0.1, 0.15) is 5.75 Å². The van der Waals surface area contributed by atoms with Crippen molar-refractivity contribution in [2.75, 3.05) is 0 Å². The zero-order valence-corrected chi connectivity index (χ0v) is 9.09. The van der Waals surface area contributed by atoms with Gasteiger partial charge in [-0.15, -0.1) is 11.3 Å². The lowest BCUT2D eigenvalue weighted by atomic mass is 10.3. The number of carbonyl (C=O) groups is 1. The Hall–Kier alpha value is -1.39. The monoisotopic (exact) mass is 239 g/mol. The highest BCUT2D eigenvalue weighted by Crippen LogP contribution is 2.17. The van der Waals surface area contributed by atoms with Crippen LogP contribution >= 0.6 is 22.9 Å². The first-order chi connectivity index (χ1) is 7.25. The second-order valence-corrected chi connectivity index (χ2v) is 4.01. The Morgan fingerprint density at radius 3 is 2.67 bits per heavy atom. The van der Waals surface area contributed by atoms with Crippen molar-refractivity contribution in [2.24, 2.45) is 0 Å². The maximum Gasteiger partial charge on any atom is 0.372 e. The van der Waals surface area contributed by atoms with Gasteiger partial charge < -0.3 is 4.74 Å². The second-order valence-electron chi connectivity index (χ2n) is 2.68. The Kier molecular flexibility index (Phi) is 2.99. The molecule has 1 aromatic carbocycles. The summed E-state index contributed by atoms with van der Waals surface area (Å²) >= 11 is 6.94. The van der Waals surface area contributed by atoms with Gasteiger partial charge in [0, 0.05) is 16.6 Å². The summed E-state index contributed by atoms with van der Waals surface area (Å²) in [7, 11) is 0. The van der Waals surface area contributed by atoms with Crippen molar-refractivity contribution in [1.82, 2.24) is 4.98 Å². The van der Waals surface area contributed by atoms with Gasteiger partial charge in [-0.1, -0.05) is 11.6 Å². The molecule has 5 heteroatoms. The lowest BCUT2D eigenvalue weighted by Crippen LogP contribution is -2.07. The summed E-state index contributed by atoms with van der Waals surface area (Å²) in [6.45, 7) is 0. The van der Waals surface area contributed by atoms with E-state index in [1.807, 2.05) is 0 Å². The highest BCUT2D eigenvalue weighted by atomic mass is 35.5. The van der Waals surface area contributed by atoms with E-state index in [4.69, 9.17) is 16.3 Å². The maximum absolute atomic E-state index is 11.5. The normalized spacial score (nSPS) is 9.93. The molecule has 0 fully saturated rings. The third-order valence-electron chi connectivity index (χ3n) is 1.63. The van der Waals surface area contributed by atoms with Crippen LogP contribution in [0.3, 0.4) is 0 Å². The van der Waals surface area contributed by atoms with Crippen LogP contribution in [-0.2, 0) is 0 Å². The number of esters is 1. The van der Waals surface area contributed by atoms with Crippen molar-refractivity contribution in [3.05, 3.63) is 45.9 Å². The Balaban J connectivity index is 2.09. The zero-order valence-electron chi connectivity index (χ0n) is 7.51. The lowest BCUT2D eigenvalue weighted by molar-refractivity contribution is 0.0734. The molecule has 0 saturated carbocycles. The summed E-state index contributed by atoms with van der Waals surface area (Å²) in [6, 6.07) is 6.58. The molecular weight excluding hydrogens is 234 g/mol. The van der Waals surface area contributed by atoms with Crippen LogP contribution in [0.25, 0.3) is 0 Å². The topological polar surface area (TPSA) is 39.2 Å². The summed E-state index contributed by atoms with van der Waals surface area (Å²) in [6.07, 6.45) is 1.56. The van der Waals surface area contributed by atoms with E-state index in [0.717, 1.165) is 0 Å². The summed E-state index contributed by atoms with van der Waals surface area (Å²) in [4.78, 5) is 15.3. The smallest absolute Gasteiger partial charge is 0.372 e. The predicted octanol–water partition coefficient (Wildman–Crippen LogP) is 3.02. The molecule has 0 atom stereocenters. The van der Waals surface area contributed by atoms with Gasteiger partial charge >= 0.3 is 5.97 Å². The molecule has 0 saturated heterocycles. The molecule has 0 amide bonds. The first-order valence-corrected chi connectivity index (χ1v) is 5.39. The fourth-order valence-electron chi connectivity index (χ4n) is 0.978. The van der Waals surface area contributed by atoms with E-state index in [9.17, 15) is 4.79 Å². The minimum absolute atomic E-state index is 0.338. The van der Waals surface area contributed by atoms with E-state index in [1.165, 1.54) is 11.3 Å². The largest absolute Gasteiger partial charge is 0.421 e. The standard InChI is InChI=1S/C10H6ClNO2S/c11-7-1-3-8(4-2-7)14-10(13)9-12-5-6-15-9/h1-6H. The minimum Gasteiger partial charge on any atom is -0.421 e. The van der Waals surface area contributed by atoms with Crippen LogP contribution in [0.15, 0.2) is 35.8 Å². The molecule has 2 aromatic rings. The van der Waals surface area contributed by atoms with Crippen LogP contribution in [0.4, 0.5) is 0 Å². The lowest BCUT2D eigenvalue weighted by Gasteiger charge is -2.01. The van der Waals surface area contributed by atoms with Crippen molar-refractivity contribution in [3.8, 4) is 5.75 Å². The number of carbonyl (C=O) groups excluding carboxylic acids is 1. The molecule has 3 nitrogen and oxygen atoms in total. The molecule has 0 spiro atoms. The van der Waals surface area contributed by atoms with Crippen LogP contribution in [0.5, 0.6) is 5.75 Å². The Morgan fingerprint density at radius 2 is 2.07 bits per heavy atom. The number of benzene rings is 1. The molecule has 1 aromatic heterocycles. The van der Waals surface area contributed by atoms with Crippen LogP contribution in [0.2, 0.25) is 5.02 Å². The molecule has 0 bridgehead atoms. The van der Waals surface area contributed by atoms with E-state index < -0.39 is 5.97 Å². The van der Waals surface area contributed by atoms with E-state index in [0.29, 0.717) is 15.8 Å². The highest BCUT2D eigenvalue weighted by molar-refractivity contribution is 7.11. The molecule has 0 radical (unpaired) electrons. The molecule has 0 unspecified atom stereocenters. The van der Waals surface area contributed by atoms with Crippen LogP contribution in [-0.4, -0.2) is 11.0 Å². The molecule has 0 N–H and O–H groups in total. The molecule has 0 aliphatic heterocycles. The average molecular weight is 240 g/mol. The molecule has 1 heterocycles. The van der Waals surface area contributed by atoms with Crippen molar-refractivity contribution in [3.63, 3.8) is 0 Å². The number of nitrogens with zero attached hydrogens (tertiary/aromatic N) is 1. The number of hydrogen-bond acceptors (Lipinski definition) is 4. The van der Waals surface area contributed by atoms with Gasteiger partial charge in [-0.2, -0.15) is 0 Å². The van der Waals surface area contributed by atoms with Gasteiger partial charge in [0.25, 0.3) is 0 Å². The van der Waals surface area contributed by atoms with E-state index in [2.05, 4.69) is 4.98 Å². The number of ether oxygens (including phenoxy) is 1. The number of rotatable bonds is 2. The summed E-state index contributed by atoms with van der Waals surface area (Å²) in [5.41, 5.74) is 0. The van der Waals surface area contributed by atoms with Gasteiger partial charge in [-0.05, 0) is 24.3 Å². The third kappa shape index (κ3) is 2.55. The Morgan fingerprint density at radius 1 is 1.33 bits per heavy atom. The minimum atomic E-state index is -0.452. The third-order valence-corrected chi connectivity index (χ3v) is 2.64. The quantitative estimate of drug-likeness (QED) is 0.597. The van der Waals surface area contributed by atoms with Crippen molar-refractivity contribution in [1.29, 1.82) is 0 Å². The molecule has 76 valence electrons. The molecule has 0 aliphatic rings. The van der Waals surface area contributed by atoms with E-state index in [1.54, 1.807) is 35.8 Å². The highest BCUT2D eigenvalue weighted by Gasteiger charge is 2.10. The van der Waals surface area contributed by atoms with Gasteiger partial charge in [-0.3, -0.25) is 0 Å². The van der Waals surface area contributed by atoms with Crippen molar-refractivity contribution >= 4 is 28.9 Å². The van der Waals surface area contributed by atoms with E-state index >= 15 is 0 Å². The Labute approximate surface area is 95.3 Å². The summed E-state index contributed by atoms with van der Waals surface area (Å²) in [5, 5.41) is 2.66. The van der Waals surface area contributed by atoms with Crippen molar-refractivity contribution in [2.45, 2.75) is 0 Å². The van der Waals surface area contributed by atoms with Gasteiger partial charge in [-0.25, -0.2) is 9.78 Å². The second kappa shape index (κ2) is 4.42. The number of thiazole rings is 1.